The summed E-state index contributed by atoms with van der Waals surface area (Å²) in [7, 11) is 0. The summed E-state index contributed by atoms with van der Waals surface area (Å²) >= 11 is 5.78. The van der Waals surface area contributed by atoms with Gasteiger partial charge in [0.15, 0.2) is 0 Å². The molecular weight excluding hydrogens is 402 g/mol. The number of hydrazone groups is 1. The number of hydrogen-bond acceptors (Lipinski definition) is 7. The number of anilines is 1. The van der Waals surface area contributed by atoms with E-state index in [2.05, 4.69) is 10.4 Å². The molecule has 2 rings (SSSR count). The van der Waals surface area contributed by atoms with Gasteiger partial charge in [-0.3, -0.25) is 29.4 Å². The fourth-order valence-electron chi connectivity index (χ4n) is 2.73. The number of amides is 3. The maximum atomic E-state index is 12.5. The van der Waals surface area contributed by atoms with Crippen LogP contribution in [-0.4, -0.2) is 35.0 Å². The number of rotatable bonds is 6. The molecule has 0 radical (unpaired) electrons. The Kier molecular flexibility index (Phi) is 7.98. The summed E-state index contributed by atoms with van der Waals surface area (Å²) in [5.74, 6) is 0.995. The third-order valence-corrected chi connectivity index (χ3v) is 4.50. The monoisotopic (exact) mass is 421 g/mol. The summed E-state index contributed by atoms with van der Waals surface area (Å²) in [5.41, 5.74) is 4.49. The molecule has 0 bridgehead atoms. The van der Waals surface area contributed by atoms with Crippen LogP contribution < -0.4 is 22.0 Å². The Morgan fingerprint density at radius 2 is 1.76 bits per heavy atom. The SMILES string of the molecule is NNC(=O)C(=O)N/N=C1/CCC(=O)CC1C(=O)CCC(=O)Nc1ccc(Cl)cc1. The molecule has 1 unspecified atom stereocenters. The van der Waals surface area contributed by atoms with Gasteiger partial charge in [0.2, 0.25) is 5.91 Å². The van der Waals surface area contributed by atoms with Gasteiger partial charge in [-0.25, -0.2) is 11.3 Å². The molecule has 1 fully saturated rings. The fourth-order valence-corrected chi connectivity index (χ4v) is 2.86. The summed E-state index contributed by atoms with van der Waals surface area (Å²) in [4.78, 5) is 58.9. The molecule has 1 aromatic carbocycles. The number of nitrogens with two attached hydrogens (primary N) is 1. The van der Waals surface area contributed by atoms with E-state index in [0.717, 1.165) is 0 Å². The minimum Gasteiger partial charge on any atom is -0.326 e. The van der Waals surface area contributed by atoms with Gasteiger partial charge in [-0.05, 0) is 30.7 Å². The molecule has 1 saturated carbocycles. The van der Waals surface area contributed by atoms with Crippen molar-refractivity contribution in [1.29, 1.82) is 0 Å². The van der Waals surface area contributed by atoms with Crippen molar-refractivity contribution in [3.63, 3.8) is 0 Å². The molecule has 0 saturated heterocycles. The highest BCUT2D eigenvalue weighted by Crippen LogP contribution is 2.22. The normalized spacial score (nSPS) is 17.5. The smallest absolute Gasteiger partial charge is 0.326 e. The van der Waals surface area contributed by atoms with Crippen LogP contribution in [0.15, 0.2) is 29.4 Å². The molecule has 0 heterocycles. The summed E-state index contributed by atoms with van der Waals surface area (Å²) in [6.07, 6.45) is 0.111. The van der Waals surface area contributed by atoms with Crippen LogP contribution in [0, 0.1) is 5.92 Å². The molecule has 0 aliphatic heterocycles. The number of halogens is 1. The molecule has 1 aliphatic rings. The first kappa shape index (κ1) is 22.2. The van der Waals surface area contributed by atoms with Gasteiger partial charge >= 0.3 is 11.8 Å². The number of nitrogens with one attached hydrogen (secondary N) is 3. The lowest BCUT2D eigenvalue weighted by molar-refractivity contribution is -0.139. The van der Waals surface area contributed by atoms with E-state index >= 15 is 0 Å². The average molecular weight is 422 g/mol. The van der Waals surface area contributed by atoms with Crippen LogP contribution in [0.3, 0.4) is 0 Å². The van der Waals surface area contributed by atoms with Gasteiger partial charge in [0.25, 0.3) is 0 Å². The summed E-state index contributed by atoms with van der Waals surface area (Å²) < 4.78 is 0. The highest BCUT2D eigenvalue weighted by atomic mass is 35.5. The molecule has 5 N–H and O–H groups in total. The highest BCUT2D eigenvalue weighted by molar-refractivity contribution is 6.35. The Morgan fingerprint density at radius 1 is 1.07 bits per heavy atom. The van der Waals surface area contributed by atoms with E-state index in [1.165, 1.54) is 0 Å². The van der Waals surface area contributed by atoms with Gasteiger partial charge in [-0.2, -0.15) is 5.10 Å². The second-order valence-electron chi connectivity index (χ2n) is 6.33. The van der Waals surface area contributed by atoms with Crippen LogP contribution >= 0.6 is 11.6 Å². The van der Waals surface area contributed by atoms with Gasteiger partial charge in [0.1, 0.15) is 11.6 Å². The van der Waals surface area contributed by atoms with Crippen molar-refractivity contribution < 1.29 is 24.0 Å². The van der Waals surface area contributed by atoms with E-state index in [0.29, 0.717) is 10.7 Å². The molecule has 1 aromatic rings. The minimum atomic E-state index is -1.09. The zero-order valence-corrected chi connectivity index (χ0v) is 16.1. The second kappa shape index (κ2) is 10.4. The van der Waals surface area contributed by atoms with E-state index in [9.17, 15) is 24.0 Å². The Labute approximate surface area is 171 Å². The number of carbonyl (C=O) groups is 5. The molecule has 29 heavy (non-hydrogen) atoms. The first-order valence-corrected chi connectivity index (χ1v) is 9.15. The van der Waals surface area contributed by atoms with Crippen molar-refractivity contribution in [1.82, 2.24) is 10.9 Å². The number of carbonyl (C=O) groups excluding carboxylic acids is 5. The third kappa shape index (κ3) is 6.77. The summed E-state index contributed by atoms with van der Waals surface area (Å²) in [6.45, 7) is 0. The second-order valence-corrected chi connectivity index (χ2v) is 6.77. The van der Waals surface area contributed by atoms with Gasteiger partial charge in [0.05, 0.1) is 5.92 Å². The largest absolute Gasteiger partial charge is 0.330 e. The molecule has 11 heteroatoms. The molecule has 1 aliphatic carbocycles. The Hall–Kier alpha value is -3.11. The molecule has 3 amide bonds. The minimum absolute atomic E-state index is 0.0601. The number of hydrogen-bond donors (Lipinski definition) is 4. The van der Waals surface area contributed by atoms with E-state index in [-0.39, 0.29) is 55.3 Å². The molecule has 0 aromatic heterocycles. The first-order valence-electron chi connectivity index (χ1n) is 8.77. The van der Waals surface area contributed by atoms with Crippen LogP contribution in [0.4, 0.5) is 5.69 Å². The Bertz CT molecular complexity index is 853. The molecule has 154 valence electrons. The number of ketones is 2. The predicted molar refractivity (Wildman–Crippen MR) is 105 cm³/mol. The predicted octanol–water partition coefficient (Wildman–Crippen LogP) is 0.459. The van der Waals surface area contributed by atoms with Crippen molar-refractivity contribution in [2.24, 2.45) is 16.9 Å². The number of Topliss-reactive ketones (excluding diaryl/α,β-unsaturated/α-hetero) is 2. The lowest BCUT2D eigenvalue weighted by atomic mass is 9.82. The van der Waals surface area contributed by atoms with Crippen molar-refractivity contribution >= 4 is 52.3 Å². The van der Waals surface area contributed by atoms with Gasteiger partial charge in [0, 0.05) is 42.1 Å². The van der Waals surface area contributed by atoms with E-state index in [1.807, 2.05) is 5.43 Å². The van der Waals surface area contributed by atoms with E-state index < -0.39 is 17.7 Å². The fraction of sp³-hybridized carbons (Fsp3) is 0.333. The molecule has 1 atom stereocenters. The quantitative estimate of drug-likeness (QED) is 0.226. The van der Waals surface area contributed by atoms with E-state index in [1.54, 1.807) is 29.7 Å². The van der Waals surface area contributed by atoms with Gasteiger partial charge < -0.3 is 5.32 Å². The Morgan fingerprint density at radius 3 is 2.41 bits per heavy atom. The first-order chi connectivity index (χ1) is 13.8. The highest BCUT2D eigenvalue weighted by Gasteiger charge is 2.31. The molecule has 0 spiro atoms. The van der Waals surface area contributed by atoms with Gasteiger partial charge in [-0.15, -0.1) is 0 Å². The summed E-state index contributed by atoms with van der Waals surface area (Å²) in [6, 6.07) is 6.51. The Balaban J connectivity index is 1.95. The van der Waals surface area contributed by atoms with Crippen LogP contribution in [0.5, 0.6) is 0 Å². The number of benzene rings is 1. The summed E-state index contributed by atoms with van der Waals surface area (Å²) in [5, 5.41) is 6.98. The topological polar surface area (TPSA) is 160 Å². The average Bonchev–Trinajstić information content (AvgIpc) is 2.71. The zero-order valence-electron chi connectivity index (χ0n) is 15.4. The van der Waals surface area contributed by atoms with Crippen LogP contribution in [-0.2, 0) is 24.0 Å². The van der Waals surface area contributed by atoms with Crippen LogP contribution in [0.2, 0.25) is 5.02 Å². The maximum absolute atomic E-state index is 12.5. The van der Waals surface area contributed by atoms with Crippen LogP contribution in [0.1, 0.15) is 32.1 Å². The van der Waals surface area contributed by atoms with Gasteiger partial charge in [-0.1, -0.05) is 11.6 Å². The van der Waals surface area contributed by atoms with Crippen LogP contribution in [0.25, 0.3) is 0 Å². The van der Waals surface area contributed by atoms with E-state index in [4.69, 9.17) is 17.4 Å². The van der Waals surface area contributed by atoms with Crippen molar-refractivity contribution in [3.05, 3.63) is 29.3 Å². The maximum Gasteiger partial charge on any atom is 0.330 e. The standard InChI is InChI=1S/C18H20ClN5O5/c19-10-1-3-11(4-2-10)21-16(27)8-7-15(26)13-9-12(25)5-6-14(13)23-24-18(29)17(28)22-20/h1-4,13H,5-9,20H2,(H,21,27)(H,22,28)(H,24,29)/b23-14-. The lowest BCUT2D eigenvalue weighted by Gasteiger charge is -2.22. The molecule has 10 nitrogen and oxygen atoms in total. The molecular formula is C18H20ClN5O5. The number of hydrazine groups is 1. The lowest BCUT2D eigenvalue weighted by Crippen LogP contribution is -2.42. The number of nitrogens with zero attached hydrogens (tertiary/aromatic N) is 1. The zero-order chi connectivity index (χ0) is 21.4. The third-order valence-electron chi connectivity index (χ3n) is 4.25. The van der Waals surface area contributed by atoms with Crippen molar-refractivity contribution in [3.8, 4) is 0 Å². The van der Waals surface area contributed by atoms with Crippen molar-refractivity contribution in [2.75, 3.05) is 5.32 Å². The van der Waals surface area contributed by atoms with Crippen molar-refractivity contribution in [2.45, 2.75) is 32.1 Å².